The minimum atomic E-state index is -4.36. The number of carbonyl (C=O) groups is 1. The molecule has 0 radical (unpaired) electrons. The maximum atomic E-state index is 12.4. The summed E-state index contributed by atoms with van der Waals surface area (Å²) in [4.78, 5) is 12.2. The van der Waals surface area contributed by atoms with Crippen LogP contribution in [0.2, 0.25) is 0 Å². The summed E-state index contributed by atoms with van der Waals surface area (Å²) in [6.45, 7) is 0.879. The number of nitrogens with two attached hydrogens (primary N) is 1. The summed E-state index contributed by atoms with van der Waals surface area (Å²) in [5.41, 5.74) is 4.95. The Labute approximate surface area is 114 Å². The fourth-order valence-electron chi connectivity index (χ4n) is 2.19. The largest absolute Gasteiger partial charge is 0.416 e. The van der Waals surface area contributed by atoms with Crippen molar-refractivity contribution in [3.8, 4) is 0 Å². The number of halogens is 3. The highest BCUT2D eigenvalue weighted by Gasteiger charge is 2.35. The lowest BCUT2D eigenvalue weighted by atomic mass is 9.84. The van der Waals surface area contributed by atoms with Crippen molar-refractivity contribution in [3.63, 3.8) is 0 Å². The average Bonchev–Trinajstić information content (AvgIpc) is 2.39. The molecule has 0 amide bonds. The Bertz CT molecular complexity index is 476. The minimum absolute atomic E-state index is 0.0502. The molecule has 1 saturated heterocycles. The number of Topliss-reactive ketones (excluding diaryl/α,β-unsaturated/α-hetero) is 1. The summed E-state index contributed by atoms with van der Waals surface area (Å²) in [7, 11) is 0. The van der Waals surface area contributed by atoms with Gasteiger partial charge in [-0.1, -0.05) is 12.1 Å². The molecule has 1 aliphatic heterocycles. The number of benzene rings is 1. The van der Waals surface area contributed by atoms with Gasteiger partial charge in [0.25, 0.3) is 0 Å². The molecule has 1 aromatic carbocycles. The van der Waals surface area contributed by atoms with Gasteiger partial charge in [0.1, 0.15) is 0 Å². The van der Waals surface area contributed by atoms with Gasteiger partial charge in [0.2, 0.25) is 0 Å². The Hall–Kier alpha value is -1.40. The molecule has 0 aliphatic carbocycles. The van der Waals surface area contributed by atoms with Crippen molar-refractivity contribution in [1.29, 1.82) is 0 Å². The summed E-state index contributed by atoms with van der Waals surface area (Å²) in [5, 5.41) is 0. The van der Waals surface area contributed by atoms with Crippen LogP contribution in [0.15, 0.2) is 24.3 Å². The van der Waals surface area contributed by atoms with E-state index < -0.39 is 17.3 Å². The van der Waals surface area contributed by atoms with E-state index in [4.69, 9.17) is 10.5 Å². The standard InChI is InChI=1S/C14H16F3NO2/c15-14(16,17)11-3-1-10(2-4-11)9-12(19)13(18)5-7-20-8-6-13/h1-4H,5-9,18H2. The summed E-state index contributed by atoms with van der Waals surface area (Å²) in [5.74, 6) is -0.152. The van der Waals surface area contributed by atoms with Gasteiger partial charge in [0.15, 0.2) is 5.78 Å². The van der Waals surface area contributed by atoms with Crippen LogP contribution in [0.3, 0.4) is 0 Å². The highest BCUT2D eigenvalue weighted by atomic mass is 19.4. The van der Waals surface area contributed by atoms with Gasteiger partial charge in [-0.05, 0) is 30.5 Å². The van der Waals surface area contributed by atoms with Gasteiger partial charge in [0, 0.05) is 19.6 Å². The van der Waals surface area contributed by atoms with Gasteiger partial charge < -0.3 is 10.5 Å². The number of alkyl halides is 3. The molecule has 1 aromatic rings. The third-order valence-electron chi connectivity index (χ3n) is 3.59. The van der Waals surface area contributed by atoms with Crippen LogP contribution < -0.4 is 5.73 Å². The Morgan fingerprint density at radius 3 is 2.25 bits per heavy atom. The second kappa shape index (κ2) is 5.54. The Balaban J connectivity index is 2.04. The quantitative estimate of drug-likeness (QED) is 0.928. The van der Waals surface area contributed by atoms with Crippen LogP contribution in [0.5, 0.6) is 0 Å². The Kier molecular flexibility index (Phi) is 4.15. The molecule has 2 N–H and O–H groups in total. The van der Waals surface area contributed by atoms with E-state index >= 15 is 0 Å². The molecule has 2 rings (SSSR count). The van der Waals surface area contributed by atoms with E-state index in [0.717, 1.165) is 12.1 Å². The SMILES string of the molecule is NC1(C(=O)Cc2ccc(C(F)(F)F)cc2)CCOCC1. The Morgan fingerprint density at radius 1 is 1.20 bits per heavy atom. The smallest absolute Gasteiger partial charge is 0.381 e. The number of ketones is 1. The van der Waals surface area contributed by atoms with Gasteiger partial charge >= 0.3 is 6.18 Å². The van der Waals surface area contributed by atoms with Crippen LogP contribution in [-0.2, 0) is 22.1 Å². The average molecular weight is 287 g/mol. The third-order valence-corrected chi connectivity index (χ3v) is 3.59. The highest BCUT2D eigenvalue weighted by molar-refractivity contribution is 5.90. The van der Waals surface area contributed by atoms with E-state index in [1.54, 1.807) is 0 Å². The fraction of sp³-hybridized carbons (Fsp3) is 0.500. The summed E-state index contributed by atoms with van der Waals surface area (Å²) in [6, 6.07) is 4.61. The summed E-state index contributed by atoms with van der Waals surface area (Å²) >= 11 is 0. The molecule has 20 heavy (non-hydrogen) atoms. The first-order valence-electron chi connectivity index (χ1n) is 6.37. The molecular weight excluding hydrogens is 271 g/mol. The molecule has 6 heteroatoms. The van der Waals surface area contributed by atoms with E-state index in [1.165, 1.54) is 12.1 Å². The molecular formula is C14H16F3NO2. The molecule has 3 nitrogen and oxygen atoms in total. The third kappa shape index (κ3) is 3.37. The second-order valence-corrected chi connectivity index (χ2v) is 5.06. The Morgan fingerprint density at radius 2 is 1.75 bits per heavy atom. The number of hydrogen-bond donors (Lipinski definition) is 1. The number of rotatable bonds is 3. The fourth-order valence-corrected chi connectivity index (χ4v) is 2.19. The molecule has 110 valence electrons. The normalized spacial score (nSPS) is 18.8. The number of ether oxygens (including phenoxy) is 1. The molecule has 0 saturated carbocycles. The van der Waals surface area contributed by atoms with Gasteiger partial charge in [-0.3, -0.25) is 4.79 Å². The molecule has 0 unspecified atom stereocenters. The van der Waals surface area contributed by atoms with E-state index in [-0.39, 0.29) is 12.2 Å². The molecule has 0 aromatic heterocycles. The van der Waals surface area contributed by atoms with Crippen molar-refractivity contribution in [1.82, 2.24) is 0 Å². The number of hydrogen-bond acceptors (Lipinski definition) is 3. The van der Waals surface area contributed by atoms with Crippen molar-refractivity contribution in [2.24, 2.45) is 5.73 Å². The van der Waals surface area contributed by atoms with Crippen LogP contribution in [0.1, 0.15) is 24.0 Å². The molecule has 0 spiro atoms. The van der Waals surface area contributed by atoms with Crippen LogP contribution >= 0.6 is 0 Å². The molecule has 0 bridgehead atoms. The zero-order valence-corrected chi connectivity index (χ0v) is 10.9. The van der Waals surface area contributed by atoms with Gasteiger partial charge in [-0.15, -0.1) is 0 Å². The predicted octanol–water partition coefficient (Wildman–Crippen LogP) is 2.32. The zero-order valence-electron chi connectivity index (χ0n) is 10.9. The topological polar surface area (TPSA) is 52.3 Å². The second-order valence-electron chi connectivity index (χ2n) is 5.06. The van der Waals surface area contributed by atoms with Crippen molar-refractivity contribution in [3.05, 3.63) is 35.4 Å². The highest BCUT2D eigenvalue weighted by Crippen LogP contribution is 2.29. The van der Waals surface area contributed by atoms with Crippen molar-refractivity contribution >= 4 is 5.78 Å². The monoisotopic (exact) mass is 287 g/mol. The zero-order chi connectivity index (χ0) is 14.8. The molecule has 1 heterocycles. The maximum Gasteiger partial charge on any atom is 0.416 e. The first-order valence-corrected chi connectivity index (χ1v) is 6.37. The van der Waals surface area contributed by atoms with Crippen molar-refractivity contribution in [2.75, 3.05) is 13.2 Å². The van der Waals surface area contributed by atoms with Gasteiger partial charge in [0.05, 0.1) is 11.1 Å². The first-order chi connectivity index (χ1) is 9.31. The predicted molar refractivity (Wildman–Crippen MR) is 67.1 cm³/mol. The van der Waals surface area contributed by atoms with Crippen molar-refractivity contribution < 1.29 is 22.7 Å². The minimum Gasteiger partial charge on any atom is -0.381 e. The lowest BCUT2D eigenvalue weighted by Crippen LogP contribution is -2.52. The van der Waals surface area contributed by atoms with Gasteiger partial charge in [-0.25, -0.2) is 0 Å². The van der Waals surface area contributed by atoms with E-state index in [0.29, 0.717) is 31.6 Å². The summed E-state index contributed by atoms with van der Waals surface area (Å²) < 4.78 is 42.5. The first kappa shape index (κ1) is 15.0. The molecule has 0 atom stereocenters. The van der Waals surface area contributed by atoms with Crippen molar-refractivity contribution in [2.45, 2.75) is 31.0 Å². The van der Waals surface area contributed by atoms with Gasteiger partial charge in [-0.2, -0.15) is 13.2 Å². The van der Waals surface area contributed by atoms with Crippen LogP contribution in [0.25, 0.3) is 0 Å². The number of carbonyl (C=O) groups excluding carboxylic acids is 1. The lowest BCUT2D eigenvalue weighted by Gasteiger charge is -2.31. The van der Waals surface area contributed by atoms with E-state index in [1.807, 2.05) is 0 Å². The molecule has 1 fully saturated rings. The lowest BCUT2D eigenvalue weighted by molar-refractivity contribution is -0.137. The summed E-state index contributed by atoms with van der Waals surface area (Å²) in [6.07, 6.45) is -3.41. The van der Waals surface area contributed by atoms with Crippen LogP contribution in [0.4, 0.5) is 13.2 Å². The molecule has 1 aliphatic rings. The van der Waals surface area contributed by atoms with E-state index in [2.05, 4.69) is 0 Å². The van der Waals surface area contributed by atoms with Crippen LogP contribution in [-0.4, -0.2) is 24.5 Å². The van der Waals surface area contributed by atoms with E-state index in [9.17, 15) is 18.0 Å². The maximum absolute atomic E-state index is 12.4. The van der Waals surface area contributed by atoms with Crippen LogP contribution in [0, 0.1) is 0 Å².